The SMILES string of the molecule is CCCC(C(=O)OCC)C(=O)c1cc(C)nc(C)c1. The summed E-state index contributed by atoms with van der Waals surface area (Å²) in [7, 11) is 0. The van der Waals surface area contributed by atoms with Crippen LogP contribution in [-0.4, -0.2) is 23.3 Å². The largest absolute Gasteiger partial charge is 0.465 e. The van der Waals surface area contributed by atoms with E-state index in [4.69, 9.17) is 4.74 Å². The van der Waals surface area contributed by atoms with E-state index in [0.717, 1.165) is 17.8 Å². The second-order valence-corrected chi connectivity index (χ2v) is 4.60. The van der Waals surface area contributed by atoms with E-state index in [9.17, 15) is 9.59 Å². The van der Waals surface area contributed by atoms with Crippen molar-refractivity contribution in [1.82, 2.24) is 4.98 Å². The van der Waals surface area contributed by atoms with Crippen molar-refractivity contribution >= 4 is 11.8 Å². The number of nitrogens with zero attached hydrogens (tertiary/aromatic N) is 1. The molecule has 0 bridgehead atoms. The van der Waals surface area contributed by atoms with Gasteiger partial charge in [-0.15, -0.1) is 0 Å². The third kappa shape index (κ3) is 4.16. The first-order valence-electron chi connectivity index (χ1n) is 6.65. The van der Waals surface area contributed by atoms with Gasteiger partial charge in [-0.05, 0) is 39.3 Å². The molecule has 1 atom stereocenters. The Hall–Kier alpha value is -1.71. The van der Waals surface area contributed by atoms with Gasteiger partial charge in [0.1, 0.15) is 5.92 Å². The normalized spacial score (nSPS) is 12.0. The van der Waals surface area contributed by atoms with Crippen LogP contribution in [0.5, 0.6) is 0 Å². The van der Waals surface area contributed by atoms with Crippen LogP contribution in [0.3, 0.4) is 0 Å². The number of hydrogen-bond acceptors (Lipinski definition) is 4. The van der Waals surface area contributed by atoms with Crippen LogP contribution >= 0.6 is 0 Å². The highest BCUT2D eigenvalue weighted by molar-refractivity contribution is 6.08. The van der Waals surface area contributed by atoms with Crippen LogP contribution in [0.15, 0.2) is 12.1 Å². The summed E-state index contributed by atoms with van der Waals surface area (Å²) in [5, 5.41) is 0. The molecule has 4 nitrogen and oxygen atoms in total. The van der Waals surface area contributed by atoms with Crippen LogP contribution in [0.2, 0.25) is 0 Å². The average molecular weight is 263 g/mol. The number of esters is 1. The van der Waals surface area contributed by atoms with E-state index in [1.165, 1.54) is 0 Å². The van der Waals surface area contributed by atoms with Crippen molar-refractivity contribution in [3.8, 4) is 0 Å². The van der Waals surface area contributed by atoms with Gasteiger partial charge in [-0.3, -0.25) is 14.6 Å². The lowest BCUT2D eigenvalue weighted by atomic mass is 9.93. The molecule has 0 radical (unpaired) electrons. The molecule has 0 saturated heterocycles. The number of Topliss-reactive ketones (excluding diaryl/α,β-unsaturated/α-hetero) is 1. The summed E-state index contributed by atoms with van der Waals surface area (Å²) in [5.41, 5.74) is 2.10. The van der Waals surface area contributed by atoms with Crippen molar-refractivity contribution in [2.24, 2.45) is 5.92 Å². The summed E-state index contributed by atoms with van der Waals surface area (Å²) in [6, 6.07) is 3.44. The van der Waals surface area contributed by atoms with Gasteiger partial charge >= 0.3 is 5.97 Å². The topological polar surface area (TPSA) is 56.3 Å². The summed E-state index contributed by atoms with van der Waals surface area (Å²) in [4.78, 5) is 28.5. The summed E-state index contributed by atoms with van der Waals surface area (Å²) >= 11 is 0. The Morgan fingerprint density at radius 3 is 2.26 bits per heavy atom. The standard InChI is InChI=1S/C15H21NO3/c1-5-7-13(15(18)19-6-2)14(17)12-8-10(3)16-11(4)9-12/h8-9,13H,5-7H2,1-4H3. The number of ketones is 1. The molecular weight excluding hydrogens is 242 g/mol. The number of pyridine rings is 1. The van der Waals surface area contributed by atoms with Gasteiger partial charge in [0.15, 0.2) is 5.78 Å². The minimum atomic E-state index is -0.703. The number of ether oxygens (including phenoxy) is 1. The van der Waals surface area contributed by atoms with Crippen molar-refractivity contribution in [3.05, 3.63) is 29.1 Å². The Morgan fingerprint density at radius 1 is 1.21 bits per heavy atom. The van der Waals surface area contributed by atoms with Gasteiger partial charge in [0.25, 0.3) is 0 Å². The molecule has 0 aromatic carbocycles. The maximum Gasteiger partial charge on any atom is 0.316 e. The number of hydrogen-bond donors (Lipinski definition) is 0. The number of aryl methyl sites for hydroxylation is 2. The number of aromatic nitrogens is 1. The fraction of sp³-hybridized carbons (Fsp3) is 0.533. The Kier molecular flexibility index (Phi) is 5.67. The zero-order valence-corrected chi connectivity index (χ0v) is 12.0. The summed E-state index contributed by atoms with van der Waals surface area (Å²) < 4.78 is 4.98. The molecule has 0 amide bonds. The molecule has 0 N–H and O–H groups in total. The van der Waals surface area contributed by atoms with Crippen molar-refractivity contribution in [2.45, 2.75) is 40.5 Å². The van der Waals surface area contributed by atoms with Crippen LogP contribution in [0.25, 0.3) is 0 Å². The molecule has 1 aromatic rings. The van der Waals surface area contributed by atoms with Gasteiger partial charge < -0.3 is 4.74 Å². The van der Waals surface area contributed by atoms with E-state index < -0.39 is 11.9 Å². The average Bonchev–Trinajstić information content (AvgIpc) is 2.34. The first kappa shape index (κ1) is 15.3. The molecule has 0 spiro atoms. The molecule has 0 aliphatic heterocycles. The monoisotopic (exact) mass is 263 g/mol. The molecule has 1 unspecified atom stereocenters. The predicted molar refractivity (Wildman–Crippen MR) is 73.1 cm³/mol. The molecule has 1 heterocycles. The zero-order chi connectivity index (χ0) is 14.4. The number of carbonyl (C=O) groups is 2. The fourth-order valence-corrected chi connectivity index (χ4v) is 2.07. The molecule has 0 aliphatic rings. The Morgan fingerprint density at radius 2 is 1.79 bits per heavy atom. The molecular formula is C15H21NO3. The van der Waals surface area contributed by atoms with Crippen LogP contribution in [0, 0.1) is 19.8 Å². The highest BCUT2D eigenvalue weighted by atomic mass is 16.5. The van der Waals surface area contributed by atoms with Gasteiger partial charge in [0, 0.05) is 17.0 Å². The molecule has 0 fully saturated rings. The molecule has 0 aliphatic carbocycles. The Labute approximate surface area is 114 Å². The van der Waals surface area contributed by atoms with E-state index >= 15 is 0 Å². The van der Waals surface area contributed by atoms with Gasteiger partial charge in [-0.25, -0.2) is 0 Å². The van der Waals surface area contributed by atoms with Crippen LogP contribution in [-0.2, 0) is 9.53 Å². The smallest absolute Gasteiger partial charge is 0.316 e. The fourth-order valence-electron chi connectivity index (χ4n) is 2.07. The number of rotatable bonds is 6. The molecule has 19 heavy (non-hydrogen) atoms. The van der Waals surface area contributed by atoms with Crippen molar-refractivity contribution in [2.75, 3.05) is 6.61 Å². The van der Waals surface area contributed by atoms with E-state index in [1.54, 1.807) is 19.1 Å². The van der Waals surface area contributed by atoms with Crippen LogP contribution < -0.4 is 0 Å². The van der Waals surface area contributed by atoms with Crippen LogP contribution in [0.4, 0.5) is 0 Å². The first-order chi connectivity index (χ1) is 8.99. The van der Waals surface area contributed by atoms with Crippen LogP contribution in [0.1, 0.15) is 48.4 Å². The lowest BCUT2D eigenvalue weighted by Gasteiger charge is -2.14. The van der Waals surface area contributed by atoms with E-state index in [2.05, 4.69) is 4.98 Å². The van der Waals surface area contributed by atoms with Gasteiger partial charge in [0.05, 0.1) is 6.61 Å². The second kappa shape index (κ2) is 7.02. The maximum atomic E-state index is 12.4. The summed E-state index contributed by atoms with van der Waals surface area (Å²) in [6.07, 6.45) is 1.27. The number of carbonyl (C=O) groups excluding carboxylic acids is 2. The maximum absolute atomic E-state index is 12.4. The zero-order valence-electron chi connectivity index (χ0n) is 12.0. The second-order valence-electron chi connectivity index (χ2n) is 4.60. The van der Waals surface area contributed by atoms with E-state index in [0.29, 0.717) is 18.6 Å². The minimum Gasteiger partial charge on any atom is -0.465 e. The third-order valence-electron chi connectivity index (χ3n) is 2.83. The van der Waals surface area contributed by atoms with Crippen molar-refractivity contribution in [1.29, 1.82) is 0 Å². The first-order valence-corrected chi connectivity index (χ1v) is 6.65. The Balaban J connectivity index is 3.01. The van der Waals surface area contributed by atoms with E-state index in [-0.39, 0.29) is 5.78 Å². The molecule has 1 rings (SSSR count). The van der Waals surface area contributed by atoms with Crippen molar-refractivity contribution in [3.63, 3.8) is 0 Å². The lowest BCUT2D eigenvalue weighted by molar-refractivity contribution is -0.146. The molecule has 4 heteroatoms. The third-order valence-corrected chi connectivity index (χ3v) is 2.83. The predicted octanol–water partition coefficient (Wildman–Crippen LogP) is 2.86. The molecule has 0 saturated carbocycles. The van der Waals surface area contributed by atoms with Gasteiger partial charge in [-0.1, -0.05) is 13.3 Å². The lowest BCUT2D eigenvalue weighted by Crippen LogP contribution is -2.26. The van der Waals surface area contributed by atoms with E-state index in [1.807, 2.05) is 20.8 Å². The quantitative estimate of drug-likeness (QED) is 0.450. The van der Waals surface area contributed by atoms with Gasteiger partial charge in [0.2, 0.25) is 0 Å². The summed E-state index contributed by atoms with van der Waals surface area (Å²) in [5.74, 6) is -1.30. The minimum absolute atomic E-state index is 0.172. The van der Waals surface area contributed by atoms with Gasteiger partial charge in [-0.2, -0.15) is 0 Å². The summed E-state index contributed by atoms with van der Waals surface area (Å²) in [6.45, 7) is 7.65. The molecule has 104 valence electrons. The molecule has 1 aromatic heterocycles. The Bertz CT molecular complexity index is 448. The highest BCUT2D eigenvalue weighted by Crippen LogP contribution is 2.17. The highest BCUT2D eigenvalue weighted by Gasteiger charge is 2.28. The van der Waals surface area contributed by atoms with Crippen molar-refractivity contribution < 1.29 is 14.3 Å².